The predicted molar refractivity (Wildman–Crippen MR) is 93.1 cm³/mol. The zero-order valence-electron chi connectivity index (χ0n) is 13.5. The van der Waals surface area contributed by atoms with Crippen LogP contribution in [0.1, 0.15) is 16.7 Å². The van der Waals surface area contributed by atoms with Gasteiger partial charge in [-0.3, -0.25) is 4.40 Å². The van der Waals surface area contributed by atoms with Gasteiger partial charge < -0.3 is 0 Å². The first-order valence-electron chi connectivity index (χ1n) is 7.51. The number of rotatable bonds is 4. The van der Waals surface area contributed by atoms with E-state index in [2.05, 4.69) is 16.3 Å². The van der Waals surface area contributed by atoms with Gasteiger partial charge in [-0.2, -0.15) is 18.4 Å². The van der Waals surface area contributed by atoms with E-state index in [1.165, 1.54) is 4.40 Å². The SMILES string of the molecule is Cc1ccc(C[C@@H](C#N)Sc2nnc3c(Cl)cc(C(F)(F)F)cn23)cc1. The highest BCUT2D eigenvalue weighted by Gasteiger charge is 2.32. The second-order valence-electron chi connectivity index (χ2n) is 5.68. The van der Waals surface area contributed by atoms with Crippen molar-refractivity contribution in [2.75, 3.05) is 0 Å². The quantitative estimate of drug-likeness (QED) is 0.586. The van der Waals surface area contributed by atoms with Crippen LogP contribution in [0.15, 0.2) is 41.7 Å². The molecule has 0 saturated heterocycles. The lowest BCUT2D eigenvalue weighted by atomic mass is 10.1. The van der Waals surface area contributed by atoms with Gasteiger partial charge in [0.25, 0.3) is 0 Å². The lowest BCUT2D eigenvalue weighted by Gasteiger charge is -2.10. The number of hydrogen-bond acceptors (Lipinski definition) is 4. The number of alkyl halides is 3. The van der Waals surface area contributed by atoms with Crippen LogP contribution in [0.4, 0.5) is 13.2 Å². The van der Waals surface area contributed by atoms with Crippen LogP contribution in [0.25, 0.3) is 5.65 Å². The highest BCUT2D eigenvalue weighted by atomic mass is 35.5. The highest BCUT2D eigenvalue weighted by Crippen LogP contribution is 2.34. The minimum atomic E-state index is -4.54. The third-order valence-electron chi connectivity index (χ3n) is 3.69. The molecule has 0 N–H and O–H groups in total. The molecule has 0 aliphatic rings. The Labute approximate surface area is 156 Å². The number of hydrogen-bond donors (Lipinski definition) is 0. The van der Waals surface area contributed by atoms with E-state index in [-0.39, 0.29) is 15.8 Å². The van der Waals surface area contributed by atoms with E-state index in [4.69, 9.17) is 11.6 Å². The third kappa shape index (κ3) is 3.94. The molecular weight excluding hydrogens is 385 g/mol. The summed E-state index contributed by atoms with van der Waals surface area (Å²) in [6.07, 6.45) is -3.21. The fourth-order valence-electron chi connectivity index (χ4n) is 2.35. The summed E-state index contributed by atoms with van der Waals surface area (Å²) < 4.78 is 40.2. The Bertz CT molecular complexity index is 977. The molecule has 0 amide bonds. The van der Waals surface area contributed by atoms with Gasteiger partial charge >= 0.3 is 6.18 Å². The number of aryl methyl sites for hydroxylation is 1. The normalized spacial score (nSPS) is 12.9. The van der Waals surface area contributed by atoms with Gasteiger partial charge in [-0.25, -0.2) is 0 Å². The van der Waals surface area contributed by atoms with Crippen molar-refractivity contribution in [3.8, 4) is 6.07 Å². The smallest absolute Gasteiger partial charge is 0.276 e. The minimum Gasteiger partial charge on any atom is -0.276 e. The van der Waals surface area contributed by atoms with Crippen LogP contribution >= 0.6 is 23.4 Å². The first-order chi connectivity index (χ1) is 12.3. The van der Waals surface area contributed by atoms with Gasteiger partial charge in [0.2, 0.25) is 0 Å². The Morgan fingerprint density at radius 2 is 1.96 bits per heavy atom. The Kier molecular flexibility index (Phi) is 5.12. The van der Waals surface area contributed by atoms with Crippen molar-refractivity contribution in [1.29, 1.82) is 5.26 Å². The Morgan fingerprint density at radius 1 is 1.27 bits per heavy atom. The van der Waals surface area contributed by atoms with Crippen molar-refractivity contribution in [3.63, 3.8) is 0 Å². The lowest BCUT2D eigenvalue weighted by molar-refractivity contribution is -0.137. The highest BCUT2D eigenvalue weighted by molar-refractivity contribution is 8.00. The van der Waals surface area contributed by atoms with E-state index in [0.29, 0.717) is 6.42 Å². The molecule has 134 valence electrons. The first-order valence-corrected chi connectivity index (χ1v) is 8.77. The Hall–Kier alpha value is -2.24. The van der Waals surface area contributed by atoms with E-state index >= 15 is 0 Å². The monoisotopic (exact) mass is 396 g/mol. The van der Waals surface area contributed by atoms with Crippen LogP contribution in [0.3, 0.4) is 0 Å². The second kappa shape index (κ2) is 7.17. The molecule has 4 nitrogen and oxygen atoms in total. The van der Waals surface area contributed by atoms with Crippen LogP contribution < -0.4 is 0 Å². The van der Waals surface area contributed by atoms with E-state index in [9.17, 15) is 18.4 Å². The Morgan fingerprint density at radius 3 is 2.58 bits per heavy atom. The number of thioether (sulfide) groups is 1. The summed E-state index contributed by atoms with van der Waals surface area (Å²) in [6.45, 7) is 1.96. The number of nitrogens with zero attached hydrogens (tertiary/aromatic N) is 4. The van der Waals surface area contributed by atoms with Crippen LogP contribution in [0, 0.1) is 18.3 Å². The fraction of sp³-hybridized carbons (Fsp3) is 0.235. The largest absolute Gasteiger partial charge is 0.417 e. The fourth-order valence-corrected chi connectivity index (χ4v) is 3.52. The van der Waals surface area contributed by atoms with E-state index in [1.807, 2.05) is 31.2 Å². The summed E-state index contributed by atoms with van der Waals surface area (Å²) in [5.74, 6) is 0. The summed E-state index contributed by atoms with van der Waals surface area (Å²) >= 11 is 6.95. The van der Waals surface area contributed by atoms with Crippen molar-refractivity contribution in [3.05, 3.63) is 58.2 Å². The molecule has 0 fully saturated rings. The lowest BCUT2D eigenvalue weighted by Crippen LogP contribution is -2.08. The average molecular weight is 397 g/mol. The summed E-state index contributed by atoms with van der Waals surface area (Å²) in [7, 11) is 0. The molecule has 9 heteroatoms. The van der Waals surface area contributed by atoms with E-state index in [1.54, 1.807) is 0 Å². The summed E-state index contributed by atoms with van der Waals surface area (Å²) in [4.78, 5) is 0. The molecule has 1 aromatic carbocycles. The van der Waals surface area contributed by atoms with Gasteiger partial charge in [0.15, 0.2) is 10.8 Å². The van der Waals surface area contributed by atoms with Crippen LogP contribution in [-0.4, -0.2) is 19.8 Å². The molecule has 2 aromatic heterocycles. The maximum Gasteiger partial charge on any atom is 0.417 e. The third-order valence-corrected chi connectivity index (χ3v) is 5.01. The molecule has 0 radical (unpaired) electrons. The van der Waals surface area contributed by atoms with Crippen molar-refractivity contribution in [2.24, 2.45) is 0 Å². The molecule has 0 saturated carbocycles. The predicted octanol–water partition coefficient (Wildman–Crippen LogP) is 4.94. The maximum atomic E-state index is 13.0. The molecular formula is C17H12ClF3N4S. The molecule has 0 spiro atoms. The van der Waals surface area contributed by atoms with Gasteiger partial charge in [0, 0.05) is 6.20 Å². The number of nitriles is 1. The van der Waals surface area contributed by atoms with Crippen molar-refractivity contribution < 1.29 is 13.2 Å². The molecule has 3 aromatic rings. The zero-order chi connectivity index (χ0) is 18.9. The Balaban J connectivity index is 1.90. The molecule has 0 unspecified atom stereocenters. The summed E-state index contributed by atoms with van der Waals surface area (Å²) in [5.41, 5.74) is 1.28. The molecule has 0 aliphatic carbocycles. The second-order valence-corrected chi connectivity index (χ2v) is 7.25. The van der Waals surface area contributed by atoms with Gasteiger partial charge in [-0.15, -0.1) is 10.2 Å². The average Bonchev–Trinajstić information content (AvgIpc) is 2.99. The van der Waals surface area contributed by atoms with Gasteiger partial charge in [0.1, 0.15) is 5.25 Å². The summed E-state index contributed by atoms with van der Waals surface area (Å²) in [5, 5.41) is 16.7. The number of fused-ring (bicyclic) bond motifs is 1. The number of halogens is 4. The van der Waals surface area contributed by atoms with Crippen LogP contribution in [0.5, 0.6) is 0 Å². The molecule has 0 bridgehead atoms. The molecule has 1 atom stereocenters. The molecule has 2 heterocycles. The molecule has 26 heavy (non-hydrogen) atoms. The topological polar surface area (TPSA) is 54.0 Å². The van der Waals surface area contributed by atoms with Crippen molar-refractivity contribution >= 4 is 29.0 Å². The van der Waals surface area contributed by atoms with Crippen molar-refractivity contribution in [1.82, 2.24) is 14.6 Å². The first kappa shape index (κ1) is 18.5. The zero-order valence-corrected chi connectivity index (χ0v) is 15.0. The molecule has 3 rings (SSSR count). The summed E-state index contributed by atoms with van der Waals surface area (Å²) in [6, 6.07) is 10.7. The van der Waals surface area contributed by atoms with Gasteiger partial charge in [-0.05, 0) is 25.0 Å². The van der Waals surface area contributed by atoms with E-state index < -0.39 is 17.0 Å². The number of pyridine rings is 1. The standard InChI is InChI=1S/C17H12ClF3N4S/c1-10-2-4-11(5-3-10)6-13(8-22)26-16-24-23-15-14(18)7-12(9-25(15)16)17(19,20)21/h2-5,7,9,13H,6H2,1H3/t13-/m0/s1. The number of aromatic nitrogens is 3. The van der Waals surface area contributed by atoms with E-state index in [0.717, 1.165) is 35.2 Å². The van der Waals surface area contributed by atoms with Crippen molar-refractivity contribution in [2.45, 2.75) is 29.9 Å². The molecule has 0 aliphatic heterocycles. The van der Waals surface area contributed by atoms with Crippen LogP contribution in [0.2, 0.25) is 5.02 Å². The van der Waals surface area contributed by atoms with Gasteiger partial charge in [-0.1, -0.05) is 53.2 Å². The van der Waals surface area contributed by atoms with Gasteiger partial charge in [0.05, 0.1) is 16.7 Å². The van der Waals surface area contributed by atoms with Crippen LogP contribution in [-0.2, 0) is 12.6 Å². The minimum absolute atomic E-state index is 0.120. The maximum absolute atomic E-state index is 13.0. The number of benzene rings is 1.